The molecule has 0 heterocycles. The number of nitrogens with one attached hydrogen (secondary N) is 2. The molecule has 0 saturated carbocycles. The average Bonchev–Trinajstić information content (AvgIpc) is 2.62. The second-order valence-electron chi connectivity index (χ2n) is 6.95. The van der Waals surface area contributed by atoms with E-state index >= 15 is 0 Å². The molecule has 0 rings (SSSR count). The topological polar surface area (TPSA) is 139 Å². The van der Waals surface area contributed by atoms with Crippen molar-refractivity contribution < 1.29 is 32.1 Å². The van der Waals surface area contributed by atoms with E-state index in [1.54, 1.807) is 0 Å². The summed E-state index contributed by atoms with van der Waals surface area (Å²) in [6, 6.07) is -1.43. The van der Waals surface area contributed by atoms with Gasteiger partial charge >= 0.3 is 5.97 Å². The highest BCUT2D eigenvalue weighted by Gasteiger charge is 2.25. The van der Waals surface area contributed by atoms with Crippen molar-refractivity contribution in [3.05, 3.63) is 12.2 Å². The zero-order chi connectivity index (χ0) is 22.3. The number of unbranched alkanes of at least 4 members (excludes halogenated alkanes) is 6. The zero-order valence-electron chi connectivity index (χ0n) is 17.4. The highest BCUT2D eigenvalue weighted by atomic mass is 32.2. The van der Waals surface area contributed by atoms with Crippen LogP contribution in [0.15, 0.2) is 12.2 Å². The van der Waals surface area contributed by atoms with Crippen molar-refractivity contribution in [3.63, 3.8) is 0 Å². The molecule has 0 aromatic carbocycles. The number of hydrogen-bond donors (Lipinski definition) is 3. The van der Waals surface area contributed by atoms with E-state index < -0.39 is 39.7 Å². The summed E-state index contributed by atoms with van der Waals surface area (Å²) in [6.45, 7) is 6.82. The molecule has 0 aliphatic rings. The normalized spacial score (nSPS) is 12.1. The van der Waals surface area contributed by atoms with Crippen LogP contribution in [-0.2, 0) is 29.2 Å². The van der Waals surface area contributed by atoms with Crippen molar-refractivity contribution in [2.45, 2.75) is 71.3 Å². The monoisotopic (exact) mass is 434 g/mol. The predicted octanol–water partition coefficient (Wildman–Crippen LogP) is 1.74. The van der Waals surface area contributed by atoms with Gasteiger partial charge in [-0.15, -0.1) is 0 Å². The van der Waals surface area contributed by atoms with Crippen LogP contribution in [0.25, 0.3) is 0 Å². The van der Waals surface area contributed by atoms with Crippen molar-refractivity contribution in [2.75, 3.05) is 18.9 Å². The minimum atomic E-state index is -4.48. The number of esters is 1. The van der Waals surface area contributed by atoms with Gasteiger partial charge < -0.3 is 15.4 Å². The molecule has 0 bridgehead atoms. The Bertz CT molecular complexity index is 647. The first kappa shape index (κ1) is 27.1. The smallest absolute Gasteiger partial charge is 0.333 e. The average molecular weight is 435 g/mol. The van der Waals surface area contributed by atoms with Crippen LogP contribution in [0.5, 0.6) is 0 Å². The van der Waals surface area contributed by atoms with Gasteiger partial charge in [0.1, 0.15) is 18.4 Å². The molecule has 0 aromatic heterocycles. The molecule has 0 saturated heterocycles. The fraction of sp³-hybridized carbons (Fsp3) is 0.737. The number of carbonyl (C=O) groups excluding carboxylic acids is 3. The van der Waals surface area contributed by atoms with Crippen molar-refractivity contribution in [1.82, 2.24) is 10.6 Å². The van der Waals surface area contributed by atoms with E-state index in [0.717, 1.165) is 25.7 Å². The molecular formula is C19H34N2O7S. The molecule has 0 fully saturated rings. The summed E-state index contributed by atoms with van der Waals surface area (Å²) < 4.78 is 36.1. The molecule has 0 radical (unpaired) electrons. The van der Waals surface area contributed by atoms with Crippen molar-refractivity contribution in [1.29, 1.82) is 0 Å². The SMILES string of the molecule is C=C(C)C(=O)OCCNC(=O)C(CS(=O)(=O)O)NC(=O)CCCCCCCCC. The fourth-order valence-electron chi connectivity index (χ4n) is 2.47. The molecular weight excluding hydrogens is 400 g/mol. The Morgan fingerprint density at radius 3 is 2.21 bits per heavy atom. The van der Waals surface area contributed by atoms with Crippen LogP contribution >= 0.6 is 0 Å². The summed E-state index contributed by atoms with van der Waals surface area (Å²) in [5.41, 5.74) is 0.207. The van der Waals surface area contributed by atoms with Gasteiger partial charge in [0.15, 0.2) is 0 Å². The van der Waals surface area contributed by atoms with E-state index in [9.17, 15) is 22.8 Å². The standard InChI is InChI=1S/C19H34N2O7S/c1-4-5-6-7-8-9-10-11-17(22)21-16(14-29(25,26)27)18(23)20-12-13-28-19(24)15(2)3/h16H,2,4-14H2,1,3H3,(H,20,23)(H,21,22)(H,25,26,27). The first-order chi connectivity index (χ1) is 13.6. The molecule has 0 aliphatic heterocycles. The number of rotatable bonds is 16. The molecule has 1 unspecified atom stereocenters. The third-order valence-corrected chi connectivity index (χ3v) is 4.77. The van der Waals surface area contributed by atoms with E-state index in [1.807, 2.05) is 0 Å². The van der Waals surface area contributed by atoms with Crippen molar-refractivity contribution in [2.24, 2.45) is 0 Å². The Hall–Kier alpha value is -1.94. The van der Waals surface area contributed by atoms with Gasteiger partial charge in [0.2, 0.25) is 11.8 Å². The van der Waals surface area contributed by atoms with Gasteiger partial charge in [-0.05, 0) is 13.3 Å². The van der Waals surface area contributed by atoms with Gasteiger partial charge in [-0.25, -0.2) is 4.79 Å². The Morgan fingerprint density at radius 2 is 1.66 bits per heavy atom. The summed E-state index contributed by atoms with van der Waals surface area (Å²) in [5, 5.41) is 4.71. The first-order valence-corrected chi connectivity index (χ1v) is 11.5. The molecule has 168 valence electrons. The summed E-state index contributed by atoms with van der Waals surface area (Å²) in [5.74, 6) is -2.80. The molecule has 29 heavy (non-hydrogen) atoms. The fourth-order valence-corrected chi connectivity index (χ4v) is 3.12. The van der Waals surface area contributed by atoms with Crippen LogP contribution in [0, 0.1) is 0 Å². The van der Waals surface area contributed by atoms with E-state index in [0.29, 0.717) is 6.42 Å². The minimum absolute atomic E-state index is 0.0759. The van der Waals surface area contributed by atoms with Crippen LogP contribution in [0.1, 0.15) is 65.2 Å². The van der Waals surface area contributed by atoms with E-state index in [1.165, 1.54) is 19.8 Å². The number of carbonyl (C=O) groups is 3. The lowest BCUT2D eigenvalue weighted by Crippen LogP contribution is -2.50. The molecule has 1 atom stereocenters. The Morgan fingerprint density at radius 1 is 1.07 bits per heavy atom. The molecule has 9 nitrogen and oxygen atoms in total. The lowest BCUT2D eigenvalue weighted by Gasteiger charge is -2.17. The van der Waals surface area contributed by atoms with E-state index in [2.05, 4.69) is 24.1 Å². The second kappa shape index (κ2) is 15.0. The van der Waals surface area contributed by atoms with Gasteiger partial charge in [0, 0.05) is 12.0 Å². The largest absolute Gasteiger partial charge is 0.460 e. The second-order valence-corrected chi connectivity index (χ2v) is 8.44. The summed E-state index contributed by atoms with van der Waals surface area (Å²) in [6.07, 6.45) is 7.33. The predicted molar refractivity (Wildman–Crippen MR) is 110 cm³/mol. The van der Waals surface area contributed by atoms with Gasteiger partial charge in [-0.2, -0.15) is 8.42 Å². The maximum absolute atomic E-state index is 12.2. The maximum atomic E-state index is 12.2. The summed E-state index contributed by atoms with van der Waals surface area (Å²) >= 11 is 0. The van der Waals surface area contributed by atoms with Crippen LogP contribution in [-0.4, -0.2) is 55.7 Å². The van der Waals surface area contributed by atoms with Crippen LogP contribution in [0.3, 0.4) is 0 Å². The number of ether oxygens (including phenoxy) is 1. The number of amides is 2. The summed E-state index contributed by atoms with van der Waals surface area (Å²) in [7, 11) is -4.48. The van der Waals surface area contributed by atoms with Crippen LogP contribution in [0.2, 0.25) is 0 Å². The third kappa shape index (κ3) is 15.6. The van der Waals surface area contributed by atoms with Gasteiger partial charge in [-0.3, -0.25) is 14.1 Å². The van der Waals surface area contributed by atoms with Crippen LogP contribution < -0.4 is 10.6 Å². The molecule has 0 aromatic rings. The molecule has 10 heteroatoms. The maximum Gasteiger partial charge on any atom is 0.333 e. The minimum Gasteiger partial charge on any atom is -0.460 e. The van der Waals surface area contributed by atoms with Crippen molar-refractivity contribution in [3.8, 4) is 0 Å². The highest BCUT2D eigenvalue weighted by Crippen LogP contribution is 2.08. The lowest BCUT2D eigenvalue weighted by molar-refractivity contribution is -0.139. The van der Waals surface area contributed by atoms with E-state index in [-0.39, 0.29) is 25.1 Å². The Kier molecular flexibility index (Phi) is 14.0. The van der Waals surface area contributed by atoms with Crippen molar-refractivity contribution >= 4 is 27.9 Å². The van der Waals surface area contributed by atoms with Crippen LogP contribution in [0.4, 0.5) is 0 Å². The molecule has 3 N–H and O–H groups in total. The molecule has 2 amide bonds. The lowest BCUT2D eigenvalue weighted by atomic mass is 10.1. The van der Waals surface area contributed by atoms with E-state index in [4.69, 9.17) is 9.29 Å². The first-order valence-electron chi connectivity index (χ1n) is 9.91. The van der Waals surface area contributed by atoms with Gasteiger partial charge in [0.05, 0.1) is 6.54 Å². The summed E-state index contributed by atoms with van der Waals surface area (Å²) in [4.78, 5) is 35.4. The Balaban J connectivity index is 4.39. The number of hydrogen-bond acceptors (Lipinski definition) is 6. The zero-order valence-corrected chi connectivity index (χ0v) is 18.2. The van der Waals surface area contributed by atoms with Gasteiger partial charge in [-0.1, -0.05) is 52.0 Å². The quantitative estimate of drug-likeness (QED) is 0.145. The molecule has 0 spiro atoms. The van der Waals surface area contributed by atoms with Gasteiger partial charge in [0.25, 0.3) is 10.1 Å². The molecule has 0 aliphatic carbocycles. The Labute approximate surface area is 173 Å². The highest BCUT2D eigenvalue weighted by molar-refractivity contribution is 7.85. The third-order valence-electron chi connectivity index (χ3n) is 4.02.